The van der Waals surface area contributed by atoms with Gasteiger partial charge in [0.15, 0.2) is 12.4 Å². The minimum absolute atomic E-state index is 0.0222. The van der Waals surface area contributed by atoms with Crippen molar-refractivity contribution in [2.75, 3.05) is 0 Å². The minimum Gasteiger partial charge on any atom is -0.482 e. The van der Waals surface area contributed by atoms with Gasteiger partial charge >= 0.3 is 0 Å². The first-order valence-electron chi connectivity index (χ1n) is 5.22. The monoisotopic (exact) mass is 337 g/mol. The van der Waals surface area contributed by atoms with Crippen molar-refractivity contribution in [3.05, 3.63) is 33.9 Å². The molecule has 0 saturated carbocycles. The van der Waals surface area contributed by atoms with E-state index in [0.717, 1.165) is 0 Å². The molecule has 0 radical (unpaired) electrons. The number of hydrogen-bond donors (Lipinski definition) is 1. The van der Waals surface area contributed by atoms with Crippen molar-refractivity contribution in [1.29, 1.82) is 0 Å². The number of aryl methyl sites for hydroxylation is 1. The fraction of sp³-hybridized carbons (Fsp3) is 0.200. The number of rotatable bonds is 4. The Morgan fingerprint density at radius 1 is 1.35 bits per heavy atom. The molecule has 2 N–H and O–H groups in total. The molecule has 0 aliphatic rings. The standard InChI is InChI=1S/C10H9Cl2N3O4S/c1-5-14-8(19-15-5)4-18-6-2-3-7(20(13,16)17)10(12)9(6)11/h2-3H,4H2,1H3,(H2,13,16,17). The summed E-state index contributed by atoms with van der Waals surface area (Å²) in [6.07, 6.45) is 0. The molecule has 0 bridgehead atoms. The van der Waals surface area contributed by atoms with E-state index in [4.69, 9.17) is 37.6 Å². The van der Waals surface area contributed by atoms with E-state index < -0.39 is 10.0 Å². The SMILES string of the molecule is Cc1noc(COc2ccc(S(N)(=O)=O)c(Cl)c2Cl)n1. The Morgan fingerprint density at radius 2 is 2.05 bits per heavy atom. The minimum atomic E-state index is -3.95. The smallest absolute Gasteiger partial charge is 0.264 e. The van der Waals surface area contributed by atoms with Crippen LogP contribution in [0.2, 0.25) is 10.0 Å². The number of nitrogens with two attached hydrogens (primary N) is 1. The van der Waals surface area contributed by atoms with Gasteiger partial charge in [0.1, 0.15) is 15.7 Å². The summed E-state index contributed by atoms with van der Waals surface area (Å²) in [4.78, 5) is 3.67. The zero-order valence-electron chi connectivity index (χ0n) is 10.1. The summed E-state index contributed by atoms with van der Waals surface area (Å²) in [5, 5.41) is 8.33. The highest BCUT2D eigenvalue weighted by atomic mass is 35.5. The highest BCUT2D eigenvalue weighted by Gasteiger charge is 2.19. The number of halogens is 2. The third kappa shape index (κ3) is 3.21. The molecule has 0 spiro atoms. The number of sulfonamides is 1. The van der Waals surface area contributed by atoms with Crippen LogP contribution in [0.15, 0.2) is 21.6 Å². The van der Waals surface area contributed by atoms with Gasteiger partial charge < -0.3 is 9.26 Å². The van der Waals surface area contributed by atoms with Gasteiger partial charge in [0.05, 0.1) is 5.02 Å². The Morgan fingerprint density at radius 3 is 2.60 bits per heavy atom. The van der Waals surface area contributed by atoms with Crippen LogP contribution in [0.3, 0.4) is 0 Å². The third-order valence-corrected chi connectivity index (χ3v) is 4.17. The summed E-state index contributed by atoms with van der Waals surface area (Å²) in [6.45, 7) is 1.64. The number of nitrogens with zero attached hydrogens (tertiary/aromatic N) is 2. The van der Waals surface area contributed by atoms with Crippen molar-refractivity contribution < 1.29 is 17.7 Å². The van der Waals surface area contributed by atoms with Gasteiger partial charge in [-0.05, 0) is 19.1 Å². The van der Waals surface area contributed by atoms with E-state index in [2.05, 4.69) is 10.1 Å². The van der Waals surface area contributed by atoms with Crippen molar-refractivity contribution in [3.63, 3.8) is 0 Å². The molecule has 7 nitrogen and oxygen atoms in total. The average molecular weight is 338 g/mol. The fourth-order valence-corrected chi connectivity index (χ4v) is 2.75. The molecule has 2 rings (SSSR count). The second kappa shape index (κ2) is 5.57. The van der Waals surface area contributed by atoms with Gasteiger partial charge in [-0.1, -0.05) is 28.4 Å². The lowest BCUT2D eigenvalue weighted by Crippen LogP contribution is -2.13. The Labute approximate surface area is 124 Å². The van der Waals surface area contributed by atoms with Crippen LogP contribution in [-0.2, 0) is 16.6 Å². The predicted octanol–water partition coefficient (Wildman–Crippen LogP) is 1.91. The number of benzene rings is 1. The van der Waals surface area contributed by atoms with E-state index in [1.165, 1.54) is 12.1 Å². The molecule has 2 aromatic rings. The molecule has 0 saturated heterocycles. The Balaban J connectivity index is 2.24. The molecular formula is C10H9Cl2N3O4S. The second-order valence-corrected chi connectivity index (χ2v) is 6.04. The summed E-state index contributed by atoms with van der Waals surface area (Å²) in [5.74, 6) is 0.905. The van der Waals surface area contributed by atoms with E-state index in [-0.39, 0.29) is 33.2 Å². The Kier molecular flexibility index (Phi) is 4.19. The van der Waals surface area contributed by atoms with Crippen LogP contribution in [0.1, 0.15) is 11.7 Å². The van der Waals surface area contributed by atoms with Crippen LogP contribution in [0.4, 0.5) is 0 Å². The summed E-state index contributed by atoms with van der Waals surface area (Å²) in [7, 11) is -3.95. The molecule has 0 fully saturated rings. The van der Waals surface area contributed by atoms with E-state index in [1.54, 1.807) is 6.92 Å². The van der Waals surface area contributed by atoms with E-state index in [0.29, 0.717) is 5.82 Å². The Hall–Kier alpha value is -1.35. The molecule has 0 atom stereocenters. The van der Waals surface area contributed by atoms with Crippen molar-refractivity contribution in [3.8, 4) is 5.75 Å². The summed E-state index contributed by atoms with van der Waals surface area (Å²) >= 11 is 11.8. The highest BCUT2D eigenvalue weighted by Crippen LogP contribution is 2.36. The van der Waals surface area contributed by atoms with E-state index >= 15 is 0 Å². The van der Waals surface area contributed by atoms with Crippen LogP contribution >= 0.6 is 23.2 Å². The lowest BCUT2D eigenvalue weighted by Gasteiger charge is -2.09. The maximum absolute atomic E-state index is 11.3. The van der Waals surface area contributed by atoms with Gasteiger partial charge in [0.25, 0.3) is 5.89 Å². The van der Waals surface area contributed by atoms with Gasteiger partial charge in [-0.15, -0.1) is 0 Å². The topological polar surface area (TPSA) is 108 Å². The second-order valence-electron chi connectivity index (χ2n) is 3.76. The van der Waals surface area contributed by atoms with Crippen LogP contribution in [0, 0.1) is 6.92 Å². The maximum atomic E-state index is 11.3. The third-order valence-electron chi connectivity index (χ3n) is 2.24. The molecule has 0 unspecified atom stereocenters. The van der Waals surface area contributed by atoms with Crippen LogP contribution < -0.4 is 9.88 Å². The molecule has 1 aromatic carbocycles. The zero-order chi connectivity index (χ0) is 14.9. The normalized spacial score (nSPS) is 11.6. The van der Waals surface area contributed by atoms with Crippen molar-refractivity contribution in [2.45, 2.75) is 18.4 Å². The van der Waals surface area contributed by atoms with Gasteiger partial charge in [-0.2, -0.15) is 4.98 Å². The predicted molar refractivity (Wildman–Crippen MR) is 71.2 cm³/mol. The molecule has 20 heavy (non-hydrogen) atoms. The van der Waals surface area contributed by atoms with Crippen LogP contribution in [-0.4, -0.2) is 18.6 Å². The van der Waals surface area contributed by atoms with E-state index in [1.807, 2.05) is 0 Å². The van der Waals surface area contributed by atoms with Gasteiger partial charge in [-0.25, -0.2) is 13.6 Å². The molecule has 0 aliphatic heterocycles. The van der Waals surface area contributed by atoms with Crippen molar-refractivity contribution >= 4 is 33.2 Å². The van der Waals surface area contributed by atoms with E-state index in [9.17, 15) is 8.42 Å². The molecule has 0 aliphatic carbocycles. The number of aromatic nitrogens is 2. The van der Waals surface area contributed by atoms with Gasteiger partial charge in [0, 0.05) is 0 Å². The summed E-state index contributed by atoms with van der Waals surface area (Å²) < 4.78 is 32.7. The fourth-order valence-electron chi connectivity index (χ4n) is 1.38. The quantitative estimate of drug-likeness (QED) is 0.912. The first-order chi connectivity index (χ1) is 9.29. The Bertz CT molecular complexity index is 745. The molecule has 1 aromatic heterocycles. The molecular weight excluding hydrogens is 329 g/mol. The summed E-state index contributed by atoms with van der Waals surface area (Å²) in [5.41, 5.74) is 0. The lowest BCUT2D eigenvalue weighted by atomic mass is 10.3. The van der Waals surface area contributed by atoms with Crippen molar-refractivity contribution in [1.82, 2.24) is 10.1 Å². The molecule has 108 valence electrons. The number of primary sulfonamides is 1. The maximum Gasteiger partial charge on any atom is 0.264 e. The lowest BCUT2D eigenvalue weighted by molar-refractivity contribution is 0.242. The molecule has 0 amide bonds. The first kappa shape index (κ1) is 15.0. The van der Waals surface area contributed by atoms with Gasteiger partial charge in [-0.3, -0.25) is 0 Å². The average Bonchev–Trinajstić information content (AvgIpc) is 2.75. The highest BCUT2D eigenvalue weighted by molar-refractivity contribution is 7.89. The zero-order valence-corrected chi connectivity index (χ0v) is 12.5. The van der Waals surface area contributed by atoms with Gasteiger partial charge in [0.2, 0.25) is 10.0 Å². The molecule has 10 heteroatoms. The first-order valence-corrected chi connectivity index (χ1v) is 7.52. The number of ether oxygens (including phenoxy) is 1. The summed E-state index contributed by atoms with van der Waals surface area (Å²) in [6, 6.07) is 2.55. The van der Waals surface area contributed by atoms with Crippen LogP contribution in [0.25, 0.3) is 0 Å². The largest absolute Gasteiger partial charge is 0.482 e. The van der Waals surface area contributed by atoms with Crippen molar-refractivity contribution in [2.24, 2.45) is 5.14 Å². The van der Waals surface area contributed by atoms with Crippen LogP contribution in [0.5, 0.6) is 5.75 Å². The number of hydrogen-bond acceptors (Lipinski definition) is 6. The molecule has 1 heterocycles.